The van der Waals surface area contributed by atoms with Crippen LogP contribution in [0.3, 0.4) is 0 Å². The first kappa shape index (κ1) is 19.3. The third-order valence-electron chi connectivity index (χ3n) is 4.02. The maximum Gasteiger partial charge on any atom is 0.332 e. The molecule has 138 valence electrons. The predicted octanol–water partition coefficient (Wildman–Crippen LogP) is 1.11. The second-order valence-corrected chi connectivity index (χ2v) is 13.2. The molecule has 0 aromatic carbocycles. The second-order valence-electron chi connectivity index (χ2n) is 7.54. The minimum atomic E-state index is -1.20. The molecule has 0 radical (unpaired) electrons. The van der Waals surface area contributed by atoms with Gasteiger partial charge in [0.1, 0.15) is 18.3 Å². The number of ketones is 1. The van der Waals surface area contributed by atoms with Gasteiger partial charge in [-0.3, -0.25) is 23.3 Å². The lowest BCUT2D eigenvalue weighted by Crippen LogP contribution is -2.41. The third kappa shape index (κ3) is 4.16. The summed E-state index contributed by atoms with van der Waals surface area (Å²) in [7, 11) is 0.345. The number of rotatable bonds is 7. The van der Waals surface area contributed by atoms with Crippen LogP contribution in [-0.2, 0) is 29.9 Å². The van der Waals surface area contributed by atoms with Crippen LogP contribution >= 0.6 is 0 Å². The molecule has 0 saturated heterocycles. The molecule has 8 nitrogen and oxygen atoms in total. The Balaban J connectivity index is 2.46. The Bertz CT molecular complexity index is 917. The van der Waals surface area contributed by atoms with Crippen molar-refractivity contribution in [2.24, 2.45) is 7.05 Å². The van der Waals surface area contributed by atoms with Crippen LogP contribution in [0.5, 0.6) is 0 Å². The zero-order valence-electron chi connectivity index (χ0n) is 15.8. The summed E-state index contributed by atoms with van der Waals surface area (Å²) in [5.41, 5.74) is -0.463. The van der Waals surface area contributed by atoms with Crippen molar-refractivity contribution in [2.75, 3.05) is 6.61 Å². The lowest BCUT2D eigenvalue weighted by atomic mass is 10.4. The Morgan fingerprint density at radius 3 is 2.40 bits per heavy atom. The molecule has 9 heteroatoms. The Morgan fingerprint density at radius 1 is 1.20 bits per heavy atom. The number of ether oxygens (including phenoxy) is 1. The zero-order valence-corrected chi connectivity index (χ0v) is 16.8. The lowest BCUT2D eigenvalue weighted by molar-refractivity contribution is -0.117. The molecular formula is C16H26N4O4Si. The van der Waals surface area contributed by atoms with E-state index in [1.165, 1.54) is 11.5 Å². The summed E-state index contributed by atoms with van der Waals surface area (Å²) in [5, 5.41) is 0. The van der Waals surface area contributed by atoms with Crippen molar-refractivity contribution in [3.05, 3.63) is 26.7 Å². The van der Waals surface area contributed by atoms with Gasteiger partial charge >= 0.3 is 5.69 Å². The van der Waals surface area contributed by atoms with Gasteiger partial charge < -0.3 is 4.74 Å². The van der Waals surface area contributed by atoms with Gasteiger partial charge in [0.25, 0.3) is 5.56 Å². The number of imidazole rings is 1. The summed E-state index contributed by atoms with van der Waals surface area (Å²) in [5.74, 6) is 0.336. The highest BCUT2D eigenvalue weighted by atomic mass is 28.3. The Hall–Kier alpha value is -2.00. The average Bonchev–Trinajstić information content (AvgIpc) is 2.82. The molecule has 0 atom stereocenters. The first-order chi connectivity index (χ1) is 11.5. The minimum Gasteiger partial charge on any atom is -0.361 e. The molecule has 0 bridgehead atoms. The van der Waals surface area contributed by atoms with Crippen molar-refractivity contribution in [2.45, 2.75) is 52.8 Å². The highest BCUT2D eigenvalue weighted by molar-refractivity contribution is 6.76. The molecule has 0 aliphatic rings. The van der Waals surface area contributed by atoms with E-state index in [4.69, 9.17) is 4.74 Å². The quantitative estimate of drug-likeness (QED) is 0.541. The maximum absolute atomic E-state index is 12.8. The molecule has 0 aliphatic carbocycles. The normalized spacial score (nSPS) is 12.1. The van der Waals surface area contributed by atoms with Crippen LogP contribution in [0.4, 0.5) is 0 Å². The van der Waals surface area contributed by atoms with Crippen LogP contribution in [0.1, 0.15) is 12.7 Å². The van der Waals surface area contributed by atoms with E-state index in [2.05, 4.69) is 24.6 Å². The van der Waals surface area contributed by atoms with Crippen LogP contribution < -0.4 is 11.2 Å². The van der Waals surface area contributed by atoms with E-state index >= 15 is 0 Å². The molecule has 2 rings (SSSR count). The molecule has 0 spiro atoms. The predicted molar refractivity (Wildman–Crippen MR) is 98.8 cm³/mol. The van der Waals surface area contributed by atoms with Gasteiger partial charge in [-0.1, -0.05) is 19.6 Å². The summed E-state index contributed by atoms with van der Waals surface area (Å²) in [6, 6.07) is 1.02. The first-order valence-electron chi connectivity index (χ1n) is 8.27. The first-order valence-corrected chi connectivity index (χ1v) is 12.0. The van der Waals surface area contributed by atoms with Crippen LogP contribution in [0.25, 0.3) is 11.2 Å². The number of carbonyl (C=O) groups excluding carboxylic acids is 1. The van der Waals surface area contributed by atoms with Gasteiger partial charge in [0.2, 0.25) is 0 Å². The Labute approximate surface area is 147 Å². The topological polar surface area (TPSA) is 88.1 Å². The number of Topliss-reactive ketones (excluding diaryl/α,β-unsaturated/α-hetero) is 1. The standard InChI is InChI=1S/C16H26N4O4Si/c1-11(21)9-19-15(22)13-14(18(3)16(19)23)17-12(2)20(13)10-24-7-8-25(4,5)6/h7-10H2,1-6H3. The molecule has 0 aliphatic heterocycles. The molecule has 2 aromatic rings. The van der Waals surface area contributed by atoms with Gasteiger partial charge in [0, 0.05) is 21.7 Å². The molecule has 2 aromatic heterocycles. The van der Waals surface area contributed by atoms with Crippen molar-refractivity contribution in [1.29, 1.82) is 0 Å². The van der Waals surface area contributed by atoms with Crippen molar-refractivity contribution >= 4 is 25.0 Å². The van der Waals surface area contributed by atoms with Crippen LogP contribution in [0.15, 0.2) is 9.59 Å². The SMILES string of the molecule is CC(=O)Cn1c(=O)c2c(nc(C)n2COCC[Si](C)(C)C)n(C)c1=O. The molecule has 0 saturated carbocycles. The van der Waals surface area contributed by atoms with E-state index in [0.717, 1.165) is 10.6 Å². The van der Waals surface area contributed by atoms with E-state index < -0.39 is 19.3 Å². The maximum atomic E-state index is 12.8. The van der Waals surface area contributed by atoms with Crippen LogP contribution in [0, 0.1) is 6.92 Å². The minimum absolute atomic E-state index is 0.195. The summed E-state index contributed by atoms with van der Waals surface area (Å²) >= 11 is 0. The second kappa shape index (κ2) is 7.09. The van der Waals surface area contributed by atoms with E-state index in [-0.39, 0.29) is 24.6 Å². The lowest BCUT2D eigenvalue weighted by Gasteiger charge is -2.16. The highest BCUT2D eigenvalue weighted by Gasteiger charge is 2.19. The average molecular weight is 366 g/mol. The molecule has 0 amide bonds. The van der Waals surface area contributed by atoms with E-state index in [1.807, 2.05) is 0 Å². The van der Waals surface area contributed by atoms with Gasteiger partial charge in [0.05, 0.1) is 6.54 Å². The molecule has 0 N–H and O–H groups in total. The van der Waals surface area contributed by atoms with E-state index in [9.17, 15) is 14.4 Å². The monoisotopic (exact) mass is 366 g/mol. The van der Waals surface area contributed by atoms with Gasteiger partial charge in [-0.15, -0.1) is 0 Å². The number of aromatic nitrogens is 4. The third-order valence-corrected chi connectivity index (χ3v) is 5.73. The molecule has 2 heterocycles. The van der Waals surface area contributed by atoms with Gasteiger partial charge in [-0.2, -0.15) is 0 Å². The summed E-state index contributed by atoms with van der Waals surface area (Å²) in [6.07, 6.45) is 0. The van der Waals surface area contributed by atoms with Crippen molar-refractivity contribution in [3.63, 3.8) is 0 Å². The van der Waals surface area contributed by atoms with E-state index in [1.54, 1.807) is 18.5 Å². The number of hydrogen-bond acceptors (Lipinski definition) is 5. The Morgan fingerprint density at radius 2 is 1.84 bits per heavy atom. The van der Waals surface area contributed by atoms with Crippen LogP contribution in [-0.4, -0.2) is 39.1 Å². The zero-order chi connectivity index (χ0) is 18.9. The number of aryl methyl sites for hydroxylation is 2. The highest BCUT2D eigenvalue weighted by Crippen LogP contribution is 2.12. The molecule has 25 heavy (non-hydrogen) atoms. The molecular weight excluding hydrogens is 340 g/mol. The van der Waals surface area contributed by atoms with Crippen LogP contribution in [0.2, 0.25) is 25.7 Å². The van der Waals surface area contributed by atoms with Gasteiger partial charge in [-0.05, 0) is 19.9 Å². The smallest absolute Gasteiger partial charge is 0.332 e. The summed E-state index contributed by atoms with van der Waals surface area (Å²) in [6.45, 7) is 10.5. The number of carbonyl (C=O) groups is 1. The van der Waals surface area contributed by atoms with E-state index in [0.29, 0.717) is 18.1 Å². The van der Waals surface area contributed by atoms with Gasteiger partial charge in [-0.25, -0.2) is 9.78 Å². The number of nitrogens with zero attached hydrogens (tertiary/aromatic N) is 4. The van der Waals surface area contributed by atoms with Gasteiger partial charge in [0.15, 0.2) is 11.2 Å². The Kier molecular flexibility index (Phi) is 5.48. The molecule has 0 fully saturated rings. The fraction of sp³-hybridized carbons (Fsp3) is 0.625. The van der Waals surface area contributed by atoms with Crippen molar-refractivity contribution < 1.29 is 9.53 Å². The number of fused-ring (bicyclic) bond motifs is 1. The number of hydrogen-bond donors (Lipinski definition) is 0. The fourth-order valence-corrected chi connectivity index (χ4v) is 3.29. The largest absolute Gasteiger partial charge is 0.361 e. The van der Waals surface area contributed by atoms with Crippen molar-refractivity contribution in [1.82, 2.24) is 18.7 Å². The summed E-state index contributed by atoms with van der Waals surface area (Å²) < 4.78 is 9.65. The van der Waals surface area contributed by atoms with Crippen molar-refractivity contribution in [3.8, 4) is 0 Å². The summed E-state index contributed by atoms with van der Waals surface area (Å²) in [4.78, 5) is 40.8. The molecule has 0 unspecified atom stereocenters. The fourth-order valence-electron chi connectivity index (χ4n) is 2.53.